The molecule has 0 saturated heterocycles. The Bertz CT molecular complexity index is 263. The molecule has 0 spiro atoms. The molecule has 0 aromatic rings. The number of amides is 1. The number of hydrogen-bond acceptors (Lipinski definition) is 3. The smallest absolute Gasteiger partial charge is 0.328 e. The highest BCUT2D eigenvalue weighted by Gasteiger charge is 2.22. The van der Waals surface area contributed by atoms with Crippen molar-refractivity contribution in [3.63, 3.8) is 0 Å². The fourth-order valence-corrected chi connectivity index (χ4v) is 0.862. The second kappa shape index (κ2) is 5.53. The van der Waals surface area contributed by atoms with Crippen molar-refractivity contribution < 1.29 is 14.3 Å². The zero-order valence-corrected chi connectivity index (χ0v) is 9.96. The van der Waals surface area contributed by atoms with Gasteiger partial charge in [-0.1, -0.05) is 6.08 Å². The minimum Gasteiger partial charge on any atom is -0.458 e. The molecule has 1 amide bonds. The van der Waals surface area contributed by atoms with Gasteiger partial charge in [-0.05, 0) is 40.7 Å². The quantitative estimate of drug-likeness (QED) is 0.569. The molecule has 1 atom stereocenters. The fourth-order valence-electron chi connectivity index (χ4n) is 0.862. The van der Waals surface area contributed by atoms with Crippen molar-refractivity contribution >= 4 is 11.9 Å². The second-order valence-corrected chi connectivity index (χ2v) is 4.26. The van der Waals surface area contributed by atoms with Gasteiger partial charge in [-0.15, -0.1) is 0 Å². The Morgan fingerprint density at radius 2 is 1.87 bits per heavy atom. The molecule has 4 nitrogen and oxygen atoms in total. The summed E-state index contributed by atoms with van der Waals surface area (Å²) < 4.78 is 5.10. The van der Waals surface area contributed by atoms with Crippen molar-refractivity contribution in [2.24, 2.45) is 0 Å². The summed E-state index contributed by atoms with van der Waals surface area (Å²) in [6.07, 6.45) is 2.97. The maximum atomic E-state index is 11.4. The molecule has 0 heterocycles. The number of nitrogens with one attached hydrogen (secondary N) is 1. The van der Waals surface area contributed by atoms with E-state index in [1.807, 2.05) is 0 Å². The van der Waals surface area contributed by atoms with Crippen LogP contribution in [0.4, 0.5) is 0 Å². The normalized spacial score (nSPS) is 13.7. The van der Waals surface area contributed by atoms with Crippen LogP contribution in [0.2, 0.25) is 0 Å². The molecule has 0 aliphatic rings. The van der Waals surface area contributed by atoms with Crippen LogP contribution in [0.3, 0.4) is 0 Å². The van der Waals surface area contributed by atoms with Gasteiger partial charge in [0.05, 0.1) is 0 Å². The number of carbonyl (C=O) groups excluding carboxylic acids is 2. The highest BCUT2D eigenvalue weighted by Crippen LogP contribution is 2.08. The lowest BCUT2D eigenvalue weighted by Gasteiger charge is -2.22. The van der Waals surface area contributed by atoms with Gasteiger partial charge in [0.15, 0.2) is 0 Å². The lowest BCUT2D eigenvalue weighted by Crippen LogP contribution is -2.41. The molecule has 0 aliphatic heterocycles. The number of esters is 1. The van der Waals surface area contributed by atoms with E-state index in [1.165, 1.54) is 6.08 Å². The SMILES string of the molecule is C/C=C/C(=O)NC(C)C(=O)OC(C)(C)C. The standard InChI is InChI=1S/C11H19NO3/c1-6-7-9(13)12-8(2)10(14)15-11(3,4)5/h6-8H,1-5H3,(H,12,13)/b7-6+. The summed E-state index contributed by atoms with van der Waals surface area (Å²) in [6, 6.07) is -0.632. The first kappa shape index (κ1) is 13.7. The van der Waals surface area contributed by atoms with Crippen molar-refractivity contribution in [2.75, 3.05) is 0 Å². The Morgan fingerprint density at radius 1 is 1.33 bits per heavy atom. The minimum absolute atomic E-state index is 0.296. The summed E-state index contributed by atoms with van der Waals surface area (Å²) >= 11 is 0. The Balaban J connectivity index is 4.16. The van der Waals surface area contributed by atoms with Crippen LogP contribution >= 0.6 is 0 Å². The maximum absolute atomic E-state index is 11.4. The number of rotatable bonds is 3. The topological polar surface area (TPSA) is 55.4 Å². The van der Waals surface area contributed by atoms with Crippen LogP contribution in [0.1, 0.15) is 34.6 Å². The summed E-state index contributed by atoms with van der Waals surface area (Å²) in [5, 5.41) is 2.50. The predicted octanol–water partition coefficient (Wildman–Crippen LogP) is 1.41. The molecule has 15 heavy (non-hydrogen) atoms. The van der Waals surface area contributed by atoms with Gasteiger partial charge < -0.3 is 10.1 Å². The zero-order valence-electron chi connectivity index (χ0n) is 9.96. The third kappa shape index (κ3) is 6.71. The van der Waals surface area contributed by atoms with Gasteiger partial charge in [0.25, 0.3) is 0 Å². The summed E-state index contributed by atoms with van der Waals surface area (Å²) in [7, 11) is 0. The van der Waals surface area contributed by atoms with E-state index in [9.17, 15) is 9.59 Å². The fraction of sp³-hybridized carbons (Fsp3) is 0.636. The second-order valence-electron chi connectivity index (χ2n) is 4.26. The van der Waals surface area contributed by atoms with E-state index in [0.29, 0.717) is 0 Å². The Kier molecular flexibility index (Phi) is 5.05. The van der Waals surface area contributed by atoms with Crippen molar-refractivity contribution in [2.45, 2.75) is 46.3 Å². The van der Waals surface area contributed by atoms with Crippen molar-refractivity contribution in [1.82, 2.24) is 5.32 Å². The Labute approximate surface area is 90.7 Å². The molecular weight excluding hydrogens is 194 g/mol. The van der Waals surface area contributed by atoms with Crippen LogP contribution in [0.15, 0.2) is 12.2 Å². The van der Waals surface area contributed by atoms with E-state index in [2.05, 4.69) is 5.32 Å². The molecular formula is C11H19NO3. The molecule has 0 radical (unpaired) electrons. The summed E-state index contributed by atoms with van der Waals surface area (Å²) in [5.74, 6) is -0.726. The van der Waals surface area contributed by atoms with E-state index in [0.717, 1.165) is 0 Å². The molecule has 1 unspecified atom stereocenters. The number of allylic oxidation sites excluding steroid dienone is 1. The summed E-state index contributed by atoms with van der Waals surface area (Å²) in [5.41, 5.74) is -0.531. The van der Waals surface area contributed by atoms with Gasteiger partial charge in [0, 0.05) is 0 Å². The Hall–Kier alpha value is -1.32. The van der Waals surface area contributed by atoms with Gasteiger partial charge in [0.1, 0.15) is 11.6 Å². The number of hydrogen-bond donors (Lipinski definition) is 1. The van der Waals surface area contributed by atoms with Crippen LogP contribution in [0, 0.1) is 0 Å². The van der Waals surface area contributed by atoms with E-state index in [-0.39, 0.29) is 5.91 Å². The van der Waals surface area contributed by atoms with Crippen LogP contribution in [0.25, 0.3) is 0 Å². The van der Waals surface area contributed by atoms with Gasteiger partial charge in [-0.3, -0.25) is 4.79 Å². The van der Waals surface area contributed by atoms with Crippen LogP contribution in [0.5, 0.6) is 0 Å². The van der Waals surface area contributed by atoms with E-state index >= 15 is 0 Å². The van der Waals surface area contributed by atoms with Crippen molar-refractivity contribution in [3.05, 3.63) is 12.2 Å². The van der Waals surface area contributed by atoms with E-state index < -0.39 is 17.6 Å². The first-order valence-electron chi connectivity index (χ1n) is 4.92. The predicted molar refractivity (Wildman–Crippen MR) is 58.3 cm³/mol. The molecule has 0 saturated carbocycles. The first-order chi connectivity index (χ1) is 6.76. The molecule has 0 aliphatic carbocycles. The van der Waals surface area contributed by atoms with Crippen molar-refractivity contribution in [1.29, 1.82) is 0 Å². The van der Waals surface area contributed by atoms with Gasteiger partial charge in [0.2, 0.25) is 5.91 Å². The largest absolute Gasteiger partial charge is 0.458 e. The molecule has 0 rings (SSSR count). The van der Waals surface area contributed by atoms with Crippen LogP contribution < -0.4 is 5.32 Å². The lowest BCUT2D eigenvalue weighted by atomic mass is 10.2. The Morgan fingerprint density at radius 3 is 2.27 bits per heavy atom. The minimum atomic E-state index is -0.632. The molecule has 0 fully saturated rings. The summed E-state index contributed by atoms with van der Waals surface area (Å²) in [4.78, 5) is 22.6. The highest BCUT2D eigenvalue weighted by atomic mass is 16.6. The van der Waals surface area contributed by atoms with E-state index in [1.54, 1.807) is 40.7 Å². The molecule has 4 heteroatoms. The monoisotopic (exact) mass is 213 g/mol. The third-order valence-corrected chi connectivity index (χ3v) is 1.44. The molecule has 86 valence electrons. The highest BCUT2D eigenvalue weighted by molar-refractivity contribution is 5.91. The van der Waals surface area contributed by atoms with Crippen molar-refractivity contribution in [3.8, 4) is 0 Å². The third-order valence-electron chi connectivity index (χ3n) is 1.44. The average Bonchev–Trinajstić information content (AvgIpc) is 2.00. The average molecular weight is 213 g/mol. The van der Waals surface area contributed by atoms with Crippen LogP contribution in [-0.2, 0) is 14.3 Å². The van der Waals surface area contributed by atoms with Gasteiger partial charge in [-0.25, -0.2) is 4.79 Å². The number of carbonyl (C=O) groups is 2. The van der Waals surface area contributed by atoms with Crippen LogP contribution in [-0.4, -0.2) is 23.5 Å². The van der Waals surface area contributed by atoms with E-state index in [4.69, 9.17) is 4.74 Å². The maximum Gasteiger partial charge on any atom is 0.328 e. The number of ether oxygens (including phenoxy) is 1. The zero-order chi connectivity index (χ0) is 12.1. The van der Waals surface area contributed by atoms with Gasteiger partial charge in [-0.2, -0.15) is 0 Å². The van der Waals surface area contributed by atoms with Gasteiger partial charge >= 0.3 is 5.97 Å². The molecule has 1 N–H and O–H groups in total. The lowest BCUT2D eigenvalue weighted by molar-refractivity contribution is -0.157. The molecule has 0 bridgehead atoms. The molecule has 0 aromatic heterocycles. The first-order valence-corrected chi connectivity index (χ1v) is 4.92. The summed E-state index contributed by atoms with van der Waals surface area (Å²) in [6.45, 7) is 8.68. The molecule has 0 aromatic carbocycles.